The molecule has 10 heteroatoms. The molecule has 0 radical (unpaired) electrons. The number of pyridine rings is 2. The topological polar surface area (TPSA) is 110 Å². The first-order valence-corrected chi connectivity index (χ1v) is 8.65. The Morgan fingerprint density at radius 3 is 2.44 bits per heavy atom. The van der Waals surface area contributed by atoms with Crippen molar-refractivity contribution >= 4 is 54.1 Å². The number of rotatable bonds is 7. The molecular formula is C17H23Cl2N5O2S. The Labute approximate surface area is 175 Å². The molecule has 2 amide bonds. The van der Waals surface area contributed by atoms with Gasteiger partial charge < -0.3 is 16.4 Å². The molecule has 148 valence electrons. The van der Waals surface area contributed by atoms with Gasteiger partial charge in [-0.1, -0.05) is 31.7 Å². The van der Waals surface area contributed by atoms with Crippen molar-refractivity contribution in [2.45, 2.75) is 29.9 Å². The van der Waals surface area contributed by atoms with Gasteiger partial charge >= 0.3 is 0 Å². The molecular weight excluding hydrogens is 409 g/mol. The van der Waals surface area contributed by atoms with E-state index in [0.717, 1.165) is 5.03 Å². The van der Waals surface area contributed by atoms with Gasteiger partial charge in [0.2, 0.25) is 11.8 Å². The summed E-state index contributed by atoms with van der Waals surface area (Å²) in [6.07, 6.45) is 3.31. The molecule has 0 spiro atoms. The molecule has 2 rings (SSSR count). The van der Waals surface area contributed by atoms with Crippen molar-refractivity contribution in [3.05, 3.63) is 42.7 Å². The molecule has 0 saturated heterocycles. The number of hydrogen-bond donors (Lipinski definition) is 3. The first kappa shape index (κ1) is 25.1. The molecule has 0 aliphatic heterocycles. The smallest absolute Gasteiger partial charge is 0.243 e. The van der Waals surface area contributed by atoms with Crippen molar-refractivity contribution in [2.24, 2.45) is 11.7 Å². The summed E-state index contributed by atoms with van der Waals surface area (Å²) in [5.74, 6) is -0.662. The fourth-order valence-corrected chi connectivity index (χ4v) is 2.62. The second-order valence-corrected chi connectivity index (χ2v) is 6.73. The van der Waals surface area contributed by atoms with E-state index in [4.69, 9.17) is 5.73 Å². The van der Waals surface area contributed by atoms with Crippen LogP contribution in [0.15, 0.2) is 52.8 Å². The summed E-state index contributed by atoms with van der Waals surface area (Å²) in [5, 5.41) is 6.78. The lowest BCUT2D eigenvalue weighted by Crippen LogP contribution is -2.46. The van der Waals surface area contributed by atoms with Gasteiger partial charge in [0.05, 0.1) is 12.6 Å². The van der Waals surface area contributed by atoms with E-state index in [0.29, 0.717) is 10.7 Å². The van der Waals surface area contributed by atoms with Crippen molar-refractivity contribution in [3.63, 3.8) is 0 Å². The maximum absolute atomic E-state index is 12.0. The van der Waals surface area contributed by atoms with E-state index < -0.39 is 6.04 Å². The van der Waals surface area contributed by atoms with Crippen LogP contribution in [0.4, 0.5) is 5.69 Å². The highest BCUT2D eigenvalue weighted by molar-refractivity contribution is 7.99. The minimum absolute atomic E-state index is 0. The summed E-state index contributed by atoms with van der Waals surface area (Å²) < 4.78 is 0. The minimum Gasteiger partial charge on any atom is -0.346 e. The fourth-order valence-electron chi connectivity index (χ4n) is 1.85. The molecule has 2 aromatic rings. The Morgan fingerprint density at radius 1 is 1.11 bits per heavy atom. The third-order valence-corrected chi connectivity index (χ3v) is 4.19. The van der Waals surface area contributed by atoms with Crippen molar-refractivity contribution in [2.75, 3.05) is 11.9 Å². The second-order valence-electron chi connectivity index (χ2n) is 5.69. The van der Waals surface area contributed by atoms with E-state index in [1.54, 1.807) is 24.5 Å². The maximum atomic E-state index is 12.0. The average molecular weight is 432 g/mol. The molecule has 1 atom stereocenters. The number of amides is 2. The van der Waals surface area contributed by atoms with Crippen LogP contribution in [0.1, 0.15) is 13.8 Å². The highest BCUT2D eigenvalue weighted by Crippen LogP contribution is 2.25. The van der Waals surface area contributed by atoms with E-state index in [1.807, 2.05) is 32.0 Å². The number of halogens is 2. The van der Waals surface area contributed by atoms with Crippen LogP contribution in [0.5, 0.6) is 0 Å². The van der Waals surface area contributed by atoms with E-state index >= 15 is 0 Å². The first-order chi connectivity index (χ1) is 12.0. The van der Waals surface area contributed by atoms with Gasteiger partial charge in [0.15, 0.2) is 0 Å². The third kappa shape index (κ3) is 8.57. The number of anilines is 1. The fraction of sp³-hybridized carbons (Fsp3) is 0.294. The molecule has 0 saturated carbocycles. The predicted octanol–water partition coefficient (Wildman–Crippen LogP) is 2.51. The van der Waals surface area contributed by atoms with E-state index in [2.05, 4.69) is 20.6 Å². The lowest BCUT2D eigenvalue weighted by Gasteiger charge is -2.15. The zero-order valence-corrected chi connectivity index (χ0v) is 17.4. The molecule has 0 aromatic carbocycles. The summed E-state index contributed by atoms with van der Waals surface area (Å²) in [7, 11) is 0. The van der Waals surface area contributed by atoms with Gasteiger partial charge in [0, 0.05) is 18.1 Å². The van der Waals surface area contributed by atoms with E-state index in [9.17, 15) is 9.59 Å². The SMILES string of the molecule is CC(C)[C@H](N)C(=O)NCC(=O)Nc1ccnc(Sc2ccccn2)c1.Cl.Cl. The average Bonchev–Trinajstić information content (AvgIpc) is 2.60. The maximum Gasteiger partial charge on any atom is 0.243 e. The van der Waals surface area contributed by atoms with Gasteiger partial charge in [-0.25, -0.2) is 9.97 Å². The number of carbonyl (C=O) groups is 2. The Kier molecular flexibility index (Phi) is 11.6. The van der Waals surface area contributed by atoms with Gasteiger partial charge in [0.25, 0.3) is 0 Å². The minimum atomic E-state index is -0.630. The van der Waals surface area contributed by atoms with Crippen LogP contribution >= 0.6 is 36.6 Å². The quantitative estimate of drug-likeness (QED) is 0.620. The number of nitrogens with zero attached hydrogens (tertiary/aromatic N) is 2. The number of nitrogens with one attached hydrogen (secondary N) is 2. The normalized spacial score (nSPS) is 11.0. The molecule has 0 fully saturated rings. The van der Waals surface area contributed by atoms with Crippen molar-refractivity contribution in [1.29, 1.82) is 0 Å². The molecule has 0 bridgehead atoms. The van der Waals surface area contributed by atoms with Crippen molar-refractivity contribution in [1.82, 2.24) is 15.3 Å². The highest BCUT2D eigenvalue weighted by Gasteiger charge is 2.17. The summed E-state index contributed by atoms with van der Waals surface area (Å²) in [5.41, 5.74) is 6.33. The summed E-state index contributed by atoms with van der Waals surface area (Å²) in [6.45, 7) is 3.56. The zero-order valence-electron chi connectivity index (χ0n) is 14.9. The standard InChI is InChI=1S/C17H21N5O2S.2ClH/c1-11(2)16(18)17(24)21-10-13(23)22-12-6-8-20-15(9-12)25-14-5-3-4-7-19-14;;/h3-9,11,16H,10,18H2,1-2H3,(H,21,24)(H,20,22,23);2*1H/t16-;;/m0../s1. The molecule has 7 nitrogen and oxygen atoms in total. The summed E-state index contributed by atoms with van der Waals surface area (Å²) >= 11 is 1.39. The van der Waals surface area contributed by atoms with E-state index in [1.165, 1.54) is 11.8 Å². The molecule has 2 aromatic heterocycles. The van der Waals surface area contributed by atoms with Crippen LogP contribution < -0.4 is 16.4 Å². The van der Waals surface area contributed by atoms with E-state index in [-0.39, 0.29) is 49.1 Å². The van der Waals surface area contributed by atoms with Gasteiger partial charge in [-0.05, 0) is 30.2 Å². The second kappa shape index (κ2) is 12.5. The van der Waals surface area contributed by atoms with Crippen LogP contribution in [-0.2, 0) is 9.59 Å². The van der Waals surface area contributed by atoms with Gasteiger partial charge in [-0.15, -0.1) is 24.8 Å². The zero-order chi connectivity index (χ0) is 18.2. The molecule has 0 unspecified atom stereocenters. The summed E-state index contributed by atoms with van der Waals surface area (Å²) in [4.78, 5) is 32.2. The van der Waals surface area contributed by atoms with Crippen LogP contribution in [-0.4, -0.2) is 34.4 Å². The third-order valence-electron chi connectivity index (χ3n) is 3.31. The Bertz CT molecular complexity index is 734. The predicted molar refractivity (Wildman–Crippen MR) is 112 cm³/mol. The molecule has 4 N–H and O–H groups in total. The Balaban J connectivity index is 0.00000338. The Hall–Kier alpha value is -1.87. The molecule has 0 aliphatic rings. The van der Waals surface area contributed by atoms with Crippen LogP contribution in [0.3, 0.4) is 0 Å². The lowest BCUT2D eigenvalue weighted by atomic mass is 10.1. The largest absolute Gasteiger partial charge is 0.346 e. The number of nitrogens with two attached hydrogens (primary N) is 1. The van der Waals surface area contributed by atoms with Crippen LogP contribution in [0.25, 0.3) is 0 Å². The molecule has 2 heterocycles. The van der Waals surface area contributed by atoms with Crippen LogP contribution in [0, 0.1) is 5.92 Å². The lowest BCUT2D eigenvalue weighted by molar-refractivity contribution is -0.125. The van der Waals surface area contributed by atoms with Crippen LogP contribution in [0.2, 0.25) is 0 Å². The Morgan fingerprint density at radius 2 is 1.81 bits per heavy atom. The first-order valence-electron chi connectivity index (χ1n) is 7.84. The molecule has 27 heavy (non-hydrogen) atoms. The monoisotopic (exact) mass is 431 g/mol. The number of hydrogen-bond acceptors (Lipinski definition) is 6. The highest BCUT2D eigenvalue weighted by atomic mass is 35.5. The van der Waals surface area contributed by atoms with Crippen molar-refractivity contribution < 1.29 is 9.59 Å². The molecule has 0 aliphatic carbocycles. The number of carbonyl (C=O) groups excluding carboxylic acids is 2. The van der Waals surface area contributed by atoms with Gasteiger partial charge in [-0.2, -0.15) is 0 Å². The summed E-state index contributed by atoms with van der Waals surface area (Å²) in [6, 6.07) is 8.42. The number of aromatic nitrogens is 2. The van der Waals surface area contributed by atoms with Gasteiger partial charge in [-0.3, -0.25) is 9.59 Å². The van der Waals surface area contributed by atoms with Crippen molar-refractivity contribution in [3.8, 4) is 0 Å². The van der Waals surface area contributed by atoms with Gasteiger partial charge in [0.1, 0.15) is 10.1 Å².